The number of aryl methyl sites for hydroxylation is 1. The summed E-state index contributed by atoms with van der Waals surface area (Å²) < 4.78 is 0.803. The van der Waals surface area contributed by atoms with Gasteiger partial charge < -0.3 is 5.32 Å². The van der Waals surface area contributed by atoms with E-state index in [1.54, 1.807) is 13.0 Å². The van der Waals surface area contributed by atoms with Crippen LogP contribution in [0.3, 0.4) is 0 Å². The third-order valence-electron chi connectivity index (χ3n) is 1.92. The number of rotatable bonds is 4. The van der Waals surface area contributed by atoms with Gasteiger partial charge in [0.1, 0.15) is 0 Å². The van der Waals surface area contributed by atoms with Crippen molar-refractivity contribution < 1.29 is 9.72 Å². The molecule has 0 spiro atoms. The van der Waals surface area contributed by atoms with E-state index in [4.69, 9.17) is 0 Å². The Hall–Kier alpha value is -1.18. The highest BCUT2D eigenvalue weighted by Gasteiger charge is 2.12. The second-order valence-electron chi connectivity index (χ2n) is 3.26. The van der Waals surface area contributed by atoms with Crippen LogP contribution in [0.1, 0.15) is 15.9 Å². The standard InChI is InChI=1S/C10H11IN2O3/c1-7-4-8(10(14)12-3-2-11)6-9(5-7)13(15)16/h4-6H,2-3H2,1H3,(H,12,14). The van der Waals surface area contributed by atoms with Crippen molar-refractivity contribution in [2.45, 2.75) is 6.92 Å². The summed E-state index contributed by atoms with van der Waals surface area (Å²) in [6, 6.07) is 4.36. The molecule has 6 heteroatoms. The molecule has 1 aromatic rings. The Morgan fingerprint density at radius 2 is 2.19 bits per heavy atom. The lowest BCUT2D eigenvalue weighted by Crippen LogP contribution is -2.25. The van der Waals surface area contributed by atoms with Gasteiger partial charge in [-0.05, 0) is 18.6 Å². The summed E-state index contributed by atoms with van der Waals surface area (Å²) in [6.07, 6.45) is 0. The van der Waals surface area contributed by atoms with Gasteiger partial charge in [-0.3, -0.25) is 14.9 Å². The Labute approximate surface area is 107 Å². The molecule has 0 aromatic heterocycles. The van der Waals surface area contributed by atoms with Gasteiger partial charge in [0.05, 0.1) is 4.92 Å². The van der Waals surface area contributed by atoms with Crippen LogP contribution < -0.4 is 5.32 Å². The molecule has 86 valence electrons. The van der Waals surface area contributed by atoms with E-state index in [9.17, 15) is 14.9 Å². The van der Waals surface area contributed by atoms with E-state index in [1.165, 1.54) is 12.1 Å². The van der Waals surface area contributed by atoms with Crippen molar-refractivity contribution in [1.29, 1.82) is 0 Å². The normalized spacial score (nSPS) is 9.88. The molecular formula is C10H11IN2O3. The Morgan fingerprint density at radius 3 is 2.75 bits per heavy atom. The van der Waals surface area contributed by atoms with Crippen LogP contribution in [-0.4, -0.2) is 21.8 Å². The zero-order chi connectivity index (χ0) is 12.1. The maximum atomic E-state index is 11.6. The molecule has 0 heterocycles. The third-order valence-corrected chi connectivity index (χ3v) is 2.45. The van der Waals surface area contributed by atoms with Crippen molar-refractivity contribution in [2.75, 3.05) is 11.0 Å². The van der Waals surface area contributed by atoms with Crippen LogP contribution >= 0.6 is 22.6 Å². The van der Waals surface area contributed by atoms with Crippen molar-refractivity contribution in [3.8, 4) is 0 Å². The van der Waals surface area contributed by atoms with E-state index in [0.717, 1.165) is 4.43 Å². The molecule has 0 atom stereocenters. The molecule has 16 heavy (non-hydrogen) atoms. The van der Waals surface area contributed by atoms with E-state index < -0.39 is 4.92 Å². The molecule has 0 aliphatic carbocycles. The molecule has 0 unspecified atom stereocenters. The molecule has 1 N–H and O–H groups in total. The highest BCUT2D eigenvalue weighted by Crippen LogP contribution is 2.16. The quantitative estimate of drug-likeness (QED) is 0.397. The molecule has 5 nitrogen and oxygen atoms in total. The molecule has 0 bridgehead atoms. The van der Waals surface area contributed by atoms with Crippen LogP contribution in [0.2, 0.25) is 0 Å². The first-order valence-electron chi connectivity index (χ1n) is 4.65. The van der Waals surface area contributed by atoms with Gasteiger partial charge in [0.2, 0.25) is 0 Å². The third kappa shape index (κ3) is 3.44. The Balaban J connectivity index is 2.95. The summed E-state index contributed by atoms with van der Waals surface area (Å²) in [5.74, 6) is -0.275. The fourth-order valence-electron chi connectivity index (χ4n) is 1.26. The van der Waals surface area contributed by atoms with E-state index in [-0.39, 0.29) is 11.6 Å². The number of halogens is 1. The Kier molecular flexibility index (Phi) is 4.66. The average molecular weight is 334 g/mol. The number of nitro benzene ring substituents is 1. The molecule has 0 saturated heterocycles. The van der Waals surface area contributed by atoms with Crippen molar-refractivity contribution in [2.24, 2.45) is 0 Å². The summed E-state index contributed by atoms with van der Waals surface area (Å²) in [6.45, 7) is 2.28. The SMILES string of the molecule is Cc1cc(C(=O)NCCI)cc([N+](=O)[O-])c1. The lowest BCUT2D eigenvalue weighted by Gasteiger charge is -2.04. The van der Waals surface area contributed by atoms with Crippen molar-refractivity contribution >= 4 is 34.2 Å². The van der Waals surface area contributed by atoms with E-state index in [1.807, 2.05) is 0 Å². The summed E-state index contributed by atoms with van der Waals surface area (Å²) in [7, 11) is 0. The highest BCUT2D eigenvalue weighted by atomic mass is 127. The van der Waals surface area contributed by atoms with E-state index >= 15 is 0 Å². The number of nitrogens with zero attached hydrogens (tertiary/aromatic N) is 1. The maximum absolute atomic E-state index is 11.6. The number of benzene rings is 1. The molecular weight excluding hydrogens is 323 g/mol. The van der Waals surface area contributed by atoms with Crippen molar-refractivity contribution in [1.82, 2.24) is 5.32 Å². The lowest BCUT2D eigenvalue weighted by molar-refractivity contribution is -0.384. The fourth-order valence-corrected chi connectivity index (χ4v) is 1.53. The number of nitro groups is 1. The molecule has 1 aromatic carbocycles. The molecule has 1 amide bonds. The van der Waals surface area contributed by atoms with Crippen molar-refractivity contribution in [3.05, 3.63) is 39.4 Å². The lowest BCUT2D eigenvalue weighted by atomic mass is 10.1. The summed E-state index contributed by atoms with van der Waals surface area (Å²) in [5.41, 5.74) is 0.977. The second-order valence-corrected chi connectivity index (χ2v) is 4.34. The van der Waals surface area contributed by atoms with Gasteiger partial charge in [-0.2, -0.15) is 0 Å². The average Bonchev–Trinajstić information content (AvgIpc) is 2.24. The van der Waals surface area contributed by atoms with Gasteiger partial charge in [0, 0.05) is 28.7 Å². The van der Waals surface area contributed by atoms with E-state index in [0.29, 0.717) is 17.7 Å². The number of nitrogens with one attached hydrogen (secondary N) is 1. The minimum absolute atomic E-state index is 0.0559. The molecule has 1 rings (SSSR count). The predicted octanol–water partition coefficient (Wildman–Crippen LogP) is 2.07. The molecule has 0 aliphatic rings. The second kappa shape index (κ2) is 5.78. The van der Waals surface area contributed by atoms with Gasteiger partial charge in [-0.15, -0.1) is 0 Å². The van der Waals surface area contributed by atoms with Crippen LogP contribution in [0.5, 0.6) is 0 Å². The topological polar surface area (TPSA) is 72.2 Å². The smallest absolute Gasteiger partial charge is 0.270 e. The Bertz CT molecular complexity index is 421. The summed E-state index contributed by atoms with van der Waals surface area (Å²) in [4.78, 5) is 21.7. The number of carbonyl (C=O) groups is 1. The maximum Gasteiger partial charge on any atom is 0.270 e. The first-order chi connectivity index (χ1) is 7.54. The first kappa shape index (κ1) is 12.9. The van der Waals surface area contributed by atoms with Crippen LogP contribution in [0, 0.1) is 17.0 Å². The number of alkyl halides is 1. The summed E-state index contributed by atoms with van der Waals surface area (Å²) >= 11 is 2.14. The van der Waals surface area contributed by atoms with Gasteiger partial charge in [-0.25, -0.2) is 0 Å². The van der Waals surface area contributed by atoms with Crippen molar-refractivity contribution in [3.63, 3.8) is 0 Å². The van der Waals surface area contributed by atoms with Gasteiger partial charge in [-0.1, -0.05) is 22.6 Å². The van der Waals surface area contributed by atoms with Crippen LogP contribution in [0.4, 0.5) is 5.69 Å². The van der Waals surface area contributed by atoms with Crippen LogP contribution in [0.15, 0.2) is 18.2 Å². The van der Waals surface area contributed by atoms with E-state index in [2.05, 4.69) is 27.9 Å². The number of non-ortho nitro benzene ring substituents is 1. The largest absolute Gasteiger partial charge is 0.351 e. The number of amides is 1. The number of hydrogen-bond donors (Lipinski definition) is 1. The predicted molar refractivity (Wildman–Crippen MR) is 69.1 cm³/mol. The fraction of sp³-hybridized carbons (Fsp3) is 0.300. The van der Waals surface area contributed by atoms with Crippen LogP contribution in [0.25, 0.3) is 0 Å². The minimum atomic E-state index is -0.498. The van der Waals surface area contributed by atoms with Gasteiger partial charge >= 0.3 is 0 Å². The summed E-state index contributed by atoms with van der Waals surface area (Å²) in [5, 5.41) is 13.3. The molecule has 0 radical (unpaired) electrons. The molecule has 0 aliphatic heterocycles. The van der Waals surface area contributed by atoms with Gasteiger partial charge in [0.15, 0.2) is 0 Å². The monoisotopic (exact) mass is 334 g/mol. The van der Waals surface area contributed by atoms with Crippen LogP contribution in [-0.2, 0) is 0 Å². The first-order valence-corrected chi connectivity index (χ1v) is 6.17. The minimum Gasteiger partial charge on any atom is -0.351 e. The zero-order valence-corrected chi connectivity index (χ0v) is 10.9. The highest BCUT2D eigenvalue weighted by molar-refractivity contribution is 14.1. The molecule has 0 saturated carbocycles. The Morgan fingerprint density at radius 1 is 1.50 bits per heavy atom. The number of hydrogen-bond acceptors (Lipinski definition) is 3. The zero-order valence-electron chi connectivity index (χ0n) is 8.70. The van der Waals surface area contributed by atoms with Gasteiger partial charge in [0.25, 0.3) is 11.6 Å². The number of carbonyl (C=O) groups excluding carboxylic acids is 1. The molecule has 0 fully saturated rings.